The number of rotatable bonds is 18. The van der Waals surface area contributed by atoms with Gasteiger partial charge in [-0.05, 0) is 114 Å². The summed E-state index contributed by atoms with van der Waals surface area (Å²) < 4.78 is 38.5. The third-order valence-electron chi connectivity index (χ3n) is 11.8. The van der Waals surface area contributed by atoms with Gasteiger partial charge in [-0.25, -0.2) is 28.8 Å². The van der Waals surface area contributed by atoms with Crippen LogP contribution in [0.3, 0.4) is 0 Å². The van der Waals surface area contributed by atoms with Crippen molar-refractivity contribution in [2.24, 2.45) is 5.16 Å². The molecule has 1 heterocycles. The maximum Gasteiger partial charge on any atom is 0.338 e. The van der Waals surface area contributed by atoms with Gasteiger partial charge in [-0.2, -0.15) is 0 Å². The highest BCUT2D eigenvalue weighted by molar-refractivity contribution is 5.93. The number of ether oxygens (including phenoxy) is 7. The smallest absolute Gasteiger partial charge is 0.338 e. The SMILES string of the molecule is CO/N=C/[C@@H](OC(=O)c1ccc(C)cc1)[C@@H](OC(=O)c1ccc(C)cc1)[C@@H](O)COC(=O)c1ccc(C)cc1.Cc1ccc(C(=O)OC[C@@H]2OC(O)[C@@H](OC(=O)c3ccc(C)cc3)[C@H]2OC(=O)c2ccc(C)cc2)cc1. The number of esters is 6. The van der Waals surface area contributed by atoms with Crippen molar-refractivity contribution in [2.75, 3.05) is 20.3 Å². The molecule has 0 aromatic heterocycles. The fraction of sp³-hybridized carbons (Fsp3) is 0.271. The molecule has 1 aliphatic rings. The first kappa shape index (κ1) is 56.8. The van der Waals surface area contributed by atoms with Gasteiger partial charge in [-0.15, -0.1) is 0 Å². The van der Waals surface area contributed by atoms with E-state index in [-0.39, 0.29) is 34.4 Å². The van der Waals surface area contributed by atoms with Crippen LogP contribution in [0, 0.1) is 41.5 Å². The van der Waals surface area contributed by atoms with Crippen molar-refractivity contribution in [3.05, 3.63) is 212 Å². The number of oxime groups is 1. The van der Waals surface area contributed by atoms with Gasteiger partial charge in [-0.3, -0.25) is 0 Å². The average Bonchev–Trinajstić information content (AvgIpc) is 3.70. The Balaban J connectivity index is 0.000000247. The highest BCUT2D eigenvalue weighted by Gasteiger charge is 2.50. The van der Waals surface area contributed by atoms with Gasteiger partial charge in [0.05, 0.1) is 39.6 Å². The number of carbonyl (C=O) groups is 6. The van der Waals surface area contributed by atoms with E-state index in [1.165, 1.54) is 7.11 Å². The van der Waals surface area contributed by atoms with E-state index in [1.54, 1.807) is 146 Å². The first-order valence-corrected chi connectivity index (χ1v) is 24.1. The predicted molar refractivity (Wildman–Crippen MR) is 277 cm³/mol. The lowest BCUT2D eigenvalue weighted by atomic mass is 10.1. The quantitative estimate of drug-likeness (QED) is 0.0358. The van der Waals surface area contributed by atoms with Crippen molar-refractivity contribution in [1.82, 2.24) is 0 Å². The zero-order valence-corrected chi connectivity index (χ0v) is 42.9. The van der Waals surface area contributed by atoms with Crippen molar-refractivity contribution in [1.29, 1.82) is 0 Å². The lowest BCUT2D eigenvalue weighted by Crippen LogP contribution is -2.46. The maximum atomic E-state index is 13.0. The molecule has 17 heteroatoms. The van der Waals surface area contributed by atoms with Crippen molar-refractivity contribution in [3.8, 4) is 0 Å². The highest BCUT2D eigenvalue weighted by atomic mass is 16.7. The molecule has 1 unspecified atom stereocenters. The van der Waals surface area contributed by atoms with Crippen molar-refractivity contribution in [2.45, 2.75) is 84.5 Å². The Labute approximate surface area is 439 Å². The van der Waals surface area contributed by atoms with E-state index in [4.69, 9.17) is 38.0 Å². The molecule has 1 saturated heterocycles. The number of carbonyl (C=O) groups excluding carboxylic acids is 6. The molecule has 2 N–H and O–H groups in total. The summed E-state index contributed by atoms with van der Waals surface area (Å²) in [5.41, 5.74) is 7.34. The Bertz CT molecular complexity index is 2940. The molecule has 0 aliphatic carbocycles. The third kappa shape index (κ3) is 16.2. The van der Waals surface area contributed by atoms with Crippen LogP contribution >= 0.6 is 0 Å². The van der Waals surface area contributed by atoms with E-state index in [1.807, 2.05) is 41.5 Å². The maximum absolute atomic E-state index is 13.0. The van der Waals surface area contributed by atoms with Gasteiger partial charge in [0.15, 0.2) is 30.7 Å². The van der Waals surface area contributed by atoms with E-state index in [2.05, 4.69) is 5.16 Å². The summed E-state index contributed by atoms with van der Waals surface area (Å²) in [6.07, 6.45) is -8.64. The van der Waals surface area contributed by atoms with Crippen LogP contribution in [0.4, 0.5) is 0 Å². The Morgan fingerprint density at radius 3 is 1.20 bits per heavy atom. The minimum absolute atomic E-state index is 0.210. The van der Waals surface area contributed by atoms with Gasteiger partial charge < -0.3 is 48.2 Å². The van der Waals surface area contributed by atoms with Gasteiger partial charge in [0.1, 0.15) is 32.5 Å². The van der Waals surface area contributed by atoms with Gasteiger partial charge in [0.2, 0.25) is 0 Å². The van der Waals surface area contributed by atoms with Crippen LogP contribution in [0.2, 0.25) is 0 Å². The number of aryl methyl sites for hydroxylation is 6. The third-order valence-corrected chi connectivity index (χ3v) is 11.8. The summed E-state index contributed by atoms with van der Waals surface area (Å²) in [6, 6.07) is 40.1. The van der Waals surface area contributed by atoms with Crippen LogP contribution in [0.1, 0.15) is 95.5 Å². The molecular formula is C59H59NO16. The van der Waals surface area contributed by atoms with Gasteiger partial charge >= 0.3 is 35.8 Å². The highest BCUT2D eigenvalue weighted by Crippen LogP contribution is 2.28. The minimum atomic E-state index is -1.60. The summed E-state index contributed by atoms with van der Waals surface area (Å²) in [7, 11) is 1.28. The molecule has 76 heavy (non-hydrogen) atoms. The van der Waals surface area contributed by atoms with Crippen LogP contribution in [0.25, 0.3) is 0 Å². The Kier molecular flexibility index (Phi) is 20.3. The molecule has 17 nitrogen and oxygen atoms in total. The number of hydrogen-bond donors (Lipinski definition) is 2. The lowest BCUT2D eigenvalue weighted by Gasteiger charge is -2.28. The summed E-state index contributed by atoms with van der Waals surface area (Å²) >= 11 is 0. The molecule has 396 valence electrons. The molecule has 0 bridgehead atoms. The molecular weight excluding hydrogens is 979 g/mol. The fourth-order valence-corrected chi connectivity index (χ4v) is 7.26. The van der Waals surface area contributed by atoms with E-state index >= 15 is 0 Å². The van der Waals surface area contributed by atoms with Crippen LogP contribution < -0.4 is 0 Å². The van der Waals surface area contributed by atoms with E-state index < -0.39 is 85.3 Å². The Hall–Kier alpha value is -8.51. The van der Waals surface area contributed by atoms with E-state index in [0.29, 0.717) is 5.56 Å². The molecule has 7 atom stereocenters. The fourth-order valence-electron chi connectivity index (χ4n) is 7.26. The second-order valence-corrected chi connectivity index (χ2v) is 17.9. The second-order valence-electron chi connectivity index (χ2n) is 17.9. The summed E-state index contributed by atoms with van der Waals surface area (Å²) in [5.74, 6) is -4.25. The lowest BCUT2D eigenvalue weighted by molar-refractivity contribution is -0.135. The zero-order chi connectivity index (χ0) is 54.9. The normalized spacial score (nSPS) is 16.9. The molecule has 0 radical (unpaired) electrons. The molecule has 7 rings (SSSR count). The monoisotopic (exact) mass is 1040 g/mol. The molecule has 0 saturated carbocycles. The van der Waals surface area contributed by atoms with Crippen molar-refractivity contribution >= 4 is 42.0 Å². The van der Waals surface area contributed by atoms with Crippen LogP contribution in [0.15, 0.2) is 151 Å². The Morgan fingerprint density at radius 2 is 0.816 bits per heavy atom. The Morgan fingerprint density at radius 1 is 0.487 bits per heavy atom. The molecule has 6 aromatic rings. The first-order valence-electron chi connectivity index (χ1n) is 24.1. The number of nitrogens with zero attached hydrogens (tertiary/aromatic N) is 1. The molecule has 1 fully saturated rings. The van der Waals surface area contributed by atoms with Crippen LogP contribution in [-0.4, -0.2) is 115 Å². The van der Waals surface area contributed by atoms with Crippen LogP contribution in [0.5, 0.6) is 0 Å². The number of hydrogen-bond acceptors (Lipinski definition) is 17. The second kappa shape index (κ2) is 27.1. The molecule has 6 aromatic carbocycles. The number of aliphatic hydroxyl groups excluding tert-OH is 2. The topological polar surface area (TPSA) is 229 Å². The average molecular weight is 1040 g/mol. The van der Waals surface area contributed by atoms with Crippen molar-refractivity contribution in [3.63, 3.8) is 0 Å². The molecule has 1 aliphatic heterocycles. The van der Waals surface area contributed by atoms with Crippen LogP contribution in [-0.2, 0) is 38.0 Å². The van der Waals surface area contributed by atoms with E-state index in [9.17, 15) is 39.0 Å². The molecule has 0 amide bonds. The summed E-state index contributed by atoms with van der Waals surface area (Å²) in [6.45, 7) is 10.4. The van der Waals surface area contributed by atoms with Gasteiger partial charge in [-0.1, -0.05) is 111 Å². The minimum Gasteiger partial charge on any atom is -0.459 e. The van der Waals surface area contributed by atoms with Gasteiger partial charge in [0, 0.05) is 0 Å². The first-order chi connectivity index (χ1) is 36.4. The van der Waals surface area contributed by atoms with E-state index in [0.717, 1.165) is 39.6 Å². The zero-order valence-electron chi connectivity index (χ0n) is 42.9. The van der Waals surface area contributed by atoms with Gasteiger partial charge in [0.25, 0.3) is 0 Å². The summed E-state index contributed by atoms with van der Waals surface area (Å²) in [5, 5.41) is 25.3. The molecule has 0 spiro atoms. The predicted octanol–water partition coefficient (Wildman–Crippen LogP) is 8.15. The number of benzene rings is 6. The standard InChI is InChI=1S/C30H31NO8.C29H28O8/c1-19-5-11-22(12-6-19)28(33)37-18-25(32)27(39-30(35)24-15-9-21(3)10-16-24)26(17-31-36-4)38-29(34)23-13-7-20(2)8-14-23;1-17-4-10-20(11-5-17)26(30)34-16-23-24(36-27(31)21-12-6-18(2)7-13-21)25(29(33)35-23)37-28(32)22-14-8-19(3)9-15-22/h5-17,25-27,32H,18H2,1-4H3;4-15,23-25,29,33H,16H2,1-3H3/b31-17+;/t25-,26+,27-;23-,24-,25-,29?/m00/s1. The summed E-state index contributed by atoms with van der Waals surface area (Å²) in [4.78, 5) is 81.3. The largest absolute Gasteiger partial charge is 0.459 e. The van der Waals surface area contributed by atoms with Crippen molar-refractivity contribution < 1.29 is 77.0 Å². The number of aliphatic hydroxyl groups is 2.